The molecule has 1 aliphatic rings. The van der Waals surface area contributed by atoms with Crippen LogP contribution < -0.4 is 19.7 Å². The van der Waals surface area contributed by atoms with Crippen molar-refractivity contribution >= 4 is 17.5 Å². The zero-order valence-corrected chi connectivity index (χ0v) is 15.4. The summed E-state index contributed by atoms with van der Waals surface area (Å²) in [6, 6.07) is 15.0. The van der Waals surface area contributed by atoms with Crippen LogP contribution in [0.3, 0.4) is 0 Å². The minimum Gasteiger partial charge on any atom is -0.497 e. The molecular formula is C21H24N2O4. The van der Waals surface area contributed by atoms with Gasteiger partial charge in [-0.25, -0.2) is 0 Å². The van der Waals surface area contributed by atoms with Crippen LogP contribution >= 0.6 is 0 Å². The van der Waals surface area contributed by atoms with Crippen molar-refractivity contribution in [2.45, 2.75) is 25.8 Å². The second-order valence-corrected chi connectivity index (χ2v) is 6.37. The molecule has 1 saturated heterocycles. The molecule has 6 nitrogen and oxygen atoms in total. The Hall–Kier alpha value is -3.02. The van der Waals surface area contributed by atoms with E-state index in [-0.39, 0.29) is 18.2 Å². The zero-order valence-electron chi connectivity index (χ0n) is 15.4. The number of anilines is 1. The van der Waals surface area contributed by atoms with E-state index in [2.05, 4.69) is 5.32 Å². The lowest BCUT2D eigenvalue weighted by Gasteiger charge is -2.16. The molecule has 0 saturated carbocycles. The second-order valence-electron chi connectivity index (χ2n) is 6.37. The van der Waals surface area contributed by atoms with Gasteiger partial charge in [-0.1, -0.05) is 12.1 Å². The van der Waals surface area contributed by atoms with Gasteiger partial charge in [-0.05, 0) is 48.4 Å². The van der Waals surface area contributed by atoms with Crippen molar-refractivity contribution in [3.63, 3.8) is 0 Å². The van der Waals surface area contributed by atoms with E-state index in [1.165, 1.54) is 0 Å². The van der Waals surface area contributed by atoms with Crippen molar-refractivity contribution in [1.29, 1.82) is 0 Å². The summed E-state index contributed by atoms with van der Waals surface area (Å²) in [5, 5.41) is 2.88. The summed E-state index contributed by atoms with van der Waals surface area (Å²) in [5.74, 6) is 1.58. The van der Waals surface area contributed by atoms with Gasteiger partial charge < -0.3 is 19.7 Å². The molecule has 0 aliphatic carbocycles. The molecule has 2 aromatic carbocycles. The number of carbonyl (C=O) groups excluding carboxylic acids is 2. The standard InChI is InChI=1S/C21H24N2O4/c1-26-18-8-10-19(11-9-18)27-14-12-20(24)22-15-16-4-6-17(7-5-16)23-13-2-3-21(23)25/h4-11H,2-3,12-15H2,1H3,(H,22,24). The molecule has 0 radical (unpaired) electrons. The summed E-state index contributed by atoms with van der Waals surface area (Å²) in [4.78, 5) is 25.5. The van der Waals surface area contributed by atoms with Crippen LogP contribution in [0, 0.1) is 0 Å². The Bertz CT molecular complexity index is 772. The fraction of sp³-hybridized carbons (Fsp3) is 0.333. The van der Waals surface area contributed by atoms with E-state index in [4.69, 9.17) is 9.47 Å². The molecule has 0 aromatic heterocycles. The molecule has 6 heteroatoms. The molecule has 0 bridgehead atoms. The molecule has 2 aromatic rings. The van der Waals surface area contributed by atoms with E-state index in [0.717, 1.165) is 30.0 Å². The lowest BCUT2D eigenvalue weighted by atomic mass is 10.2. The van der Waals surface area contributed by atoms with Gasteiger partial charge in [0.25, 0.3) is 0 Å². The topological polar surface area (TPSA) is 67.9 Å². The second kappa shape index (κ2) is 9.07. The highest BCUT2D eigenvalue weighted by Gasteiger charge is 2.21. The van der Waals surface area contributed by atoms with E-state index < -0.39 is 0 Å². The molecule has 0 atom stereocenters. The maximum absolute atomic E-state index is 12.0. The number of benzene rings is 2. The van der Waals surface area contributed by atoms with E-state index in [1.807, 2.05) is 48.5 Å². The van der Waals surface area contributed by atoms with Gasteiger partial charge in [0.1, 0.15) is 11.5 Å². The minimum absolute atomic E-state index is 0.0673. The van der Waals surface area contributed by atoms with Crippen molar-refractivity contribution in [3.8, 4) is 11.5 Å². The molecule has 0 unspecified atom stereocenters. The number of nitrogens with zero attached hydrogens (tertiary/aromatic N) is 1. The van der Waals surface area contributed by atoms with Gasteiger partial charge in [0.15, 0.2) is 0 Å². The molecule has 1 aliphatic heterocycles. The molecule has 3 rings (SSSR count). The quantitative estimate of drug-likeness (QED) is 0.778. The number of ether oxygens (including phenoxy) is 2. The van der Waals surface area contributed by atoms with Crippen LogP contribution in [0.5, 0.6) is 11.5 Å². The summed E-state index contributed by atoms with van der Waals surface area (Å²) >= 11 is 0. The van der Waals surface area contributed by atoms with Gasteiger partial charge in [-0.2, -0.15) is 0 Å². The summed E-state index contributed by atoms with van der Waals surface area (Å²) in [5.41, 5.74) is 1.91. The SMILES string of the molecule is COc1ccc(OCCC(=O)NCc2ccc(N3CCCC3=O)cc2)cc1. The number of nitrogens with one attached hydrogen (secondary N) is 1. The summed E-state index contributed by atoms with van der Waals surface area (Å²) in [6.45, 7) is 1.55. The molecule has 1 heterocycles. The average molecular weight is 368 g/mol. The Labute approximate surface area is 159 Å². The number of hydrogen-bond acceptors (Lipinski definition) is 4. The van der Waals surface area contributed by atoms with Crippen molar-refractivity contribution < 1.29 is 19.1 Å². The summed E-state index contributed by atoms with van der Waals surface area (Å²) in [6.07, 6.45) is 1.82. The predicted molar refractivity (Wildman–Crippen MR) is 103 cm³/mol. The van der Waals surface area contributed by atoms with Crippen LogP contribution in [0.4, 0.5) is 5.69 Å². The predicted octanol–water partition coefficient (Wildman–Crippen LogP) is 2.91. The fourth-order valence-corrected chi connectivity index (χ4v) is 2.94. The molecule has 2 amide bonds. The largest absolute Gasteiger partial charge is 0.497 e. The summed E-state index contributed by atoms with van der Waals surface area (Å²) < 4.78 is 10.6. The number of rotatable bonds is 8. The molecular weight excluding hydrogens is 344 g/mol. The van der Waals surface area contributed by atoms with Gasteiger partial charge in [0, 0.05) is 25.2 Å². The monoisotopic (exact) mass is 368 g/mol. The van der Waals surface area contributed by atoms with Crippen molar-refractivity contribution in [3.05, 3.63) is 54.1 Å². The normalized spacial score (nSPS) is 13.5. The molecule has 1 N–H and O–H groups in total. The minimum atomic E-state index is -0.0673. The van der Waals surface area contributed by atoms with Gasteiger partial charge in [0.05, 0.1) is 20.1 Å². The third kappa shape index (κ3) is 5.23. The first-order valence-corrected chi connectivity index (χ1v) is 9.08. The van der Waals surface area contributed by atoms with Crippen LogP contribution in [-0.2, 0) is 16.1 Å². The molecule has 27 heavy (non-hydrogen) atoms. The Morgan fingerprint density at radius 1 is 1.07 bits per heavy atom. The Morgan fingerprint density at radius 2 is 1.78 bits per heavy atom. The Morgan fingerprint density at radius 3 is 2.41 bits per heavy atom. The summed E-state index contributed by atoms with van der Waals surface area (Å²) in [7, 11) is 1.61. The van der Waals surface area contributed by atoms with E-state index >= 15 is 0 Å². The molecule has 142 valence electrons. The van der Waals surface area contributed by atoms with Crippen LogP contribution in [0.1, 0.15) is 24.8 Å². The van der Waals surface area contributed by atoms with E-state index in [9.17, 15) is 9.59 Å². The first-order chi connectivity index (χ1) is 13.2. The lowest BCUT2D eigenvalue weighted by Crippen LogP contribution is -2.25. The maximum Gasteiger partial charge on any atom is 0.227 e. The van der Waals surface area contributed by atoms with Crippen molar-refractivity contribution in [1.82, 2.24) is 5.32 Å². The third-order valence-corrected chi connectivity index (χ3v) is 4.47. The van der Waals surface area contributed by atoms with Gasteiger partial charge >= 0.3 is 0 Å². The molecule has 0 spiro atoms. The number of hydrogen-bond donors (Lipinski definition) is 1. The number of methoxy groups -OCH3 is 1. The smallest absolute Gasteiger partial charge is 0.227 e. The van der Waals surface area contributed by atoms with E-state index in [1.54, 1.807) is 12.0 Å². The Kier molecular flexibility index (Phi) is 6.30. The van der Waals surface area contributed by atoms with Crippen LogP contribution in [0.2, 0.25) is 0 Å². The van der Waals surface area contributed by atoms with Crippen LogP contribution in [0.25, 0.3) is 0 Å². The highest BCUT2D eigenvalue weighted by molar-refractivity contribution is 5.95. The fourth-order valence-electron chi connectivity index (χ4n) is 2.94. The highest BCUT2D eigenvalue weighted by atomic mass is 16.5. The highest BCUT2D eigenvalue weighted by Crippen LogP contribution is 2.21. The first-order valence-electron chi connectivity index (χ1n) is 9.08. The van der Waals surface area contributed by atoms with Gasteiger partial charge in [0.2, 0.25) is 11.8 Å². The third-order valence-electron chi connectivity index (χ3n) is 4.47. The molecule has 1 fully saturated rings. The van der Waals surface area contributed by atoms with Gasteiger partial charge in [-0.3, -0.25) is 9.59 Å². The van der Waals surface area contributed by atoms with Crippen LogP contribution in [0.15, 0.2) is 48.5 Å². The number of amides is 2. The zero-order chi connectivity index (χ0) is 19.1. The Balaban J connectivity index is 1.39. The number of carbonyl (C=O) groups is 2. The maximum atomic E-state index is 12.0. The van der Waals surface area contributed by atoms with E-state index in [0.29, 0.717) is 25.3 Å². The first kappa shape index (κ1) is 18.8. The van der Waals surface area contributed by atoms with Crippen LogP contribution in [-0.4, -0.2) is 32.1 Å². The van der Waals surface area contributed by atoms with Crippen molar-refractivity contribution in [2.24, 2.45) is 0 Å². The van der Waals surface area contributed by atoms with Crippen molar-refractivity contribution in [2.75, 3.05) is 25.2 Å². The lowest BCUT2D eigenvalue weighted by molar-refractivity contribution is -0.121. The van der Waals surface area contributed by atoms with Gasteiger partial charge in [-0.15, -0.1) is 0 Å². The average Bonchev–Trinajstić information content (AvgIpc) is 3.13.